The van der Waals surface area contributed by atoms with Gasteiger partial charge in [0.1, 0.15) is 12.0 Å². The molecule has 1 aromatic rings. The summed E-state index contributed by atoms with van der Waals surface area (Å²) in [5.74, 6) is 0.681. The predicted octanol–water partition coefficient (Wildman–Crippen LogP) is 3.43. The van der Waals surface area contributed by atoms with Gasteiger partial charge in [-0.3, -0.25) is 15.0 Å². The van der Waals surface area contributed by atoms with Gasteiger partial charge in [0.05, 0.1) is 5.69 Å². The first-order chi connectivity index (χ1) is 9.69. The summed E-state index contributed by atoms with van der Waals surface area (Å²) in [6, 6.07) is -0.458. The molecule has 3 amide bonds. The molecule has 1 N–H and O–H groups in total. The molecular formula is C15H20N2O3. The van der Waals surface area contributed by atoms with Gasteiger partial charge in [0.15, 0.2) is 0 Å². The third-order valence-corrected chi connectivity index (χ3v) is 2.66. The third kappa shape index (κ3) is 3.60. The summed E-state index contributed by atoms with van der Waals surface area (Å²) in [5, 5.41) is 2.16. The highest BCUT2D eigenvalue weighted by molar-refractivity contribution is 5.99. The molecule has 0 spiro atoms. The van der Waals surface area contributed by atoms with E-state index in [2.05, 4.69) is 5.32 Å². The number of nitrogens with one attached hydrogen (secondary N) is 1. The number of hydrogen-bond donors (Lipinski definition) is 1. The van der Waals surface area contributed by atoms with Crippen LogP contribution < -0.4 is 10.2 Å². The number of nitrogens with zero attached hydrogens (tertiary/aromatic N) is 1. The molecule has 0 atom stereocenters. The minimum Gasteiger partial charge on any atom is -0.462 e. The van der Waals surface area contributed by atoms with Crippen LogP contribution in [0.1, 0.15) is 38.5 Å². The maximum atomic E-state index is 12.0. The molecule has 0 bridgehead atoms. The average Bonchev–Trinajstić information content (AvgIpc) is 2.80. The topological polar surface area (TPSA) is 62.6 Å². The molecule has 1 aromatic heterocycles. The molecule has 0 aliphatic heterocycles. The number of urea groups is 1. The first-order valence-electron chi connectivity index (χ1n) is 6.58. The van der Waals surface area contributed by atoms with Crippen molar-refractivity contribution < 1.29 is 14.0 Å². The molecule has 1 rings (SSSR count). The summed E-state index contributed by atoms with van der Waals surface area (Å²) >= 11 is 0. The molecule has 1 heterocycles. The Labute approximate surface area is 118 Å². The number of rotatable bonds is 6. The van der Waals surface area contributed by atoms with Crippen LogP contribution in [0.5, 0.6) is 0 Å². The van der Waals surface area contributed by atoms with Crippen LogP contribution in [0, 0.1) is 0 Å². The van der Waals surface area contributed by atoms with Crippen molar-refractivity contribution in [3.05, 3.63) is 29.7 Å². The first-order valence-corrected chi connectivity index (χ1v) is 6.58. The van der Waals surface area contributed by atoms with Crippen LogP contribution in [0.3, 0.4) is 0 Å². The normalized spacial score (nSPS) is 11.2. The van der Waals surface area contributed by atoms with Gasteiger partial charge in [-0.1, -0.05) is 25.2 Å². The van der Waals surface area contributed by atoms with E-state index in [9.17, 15) is 9.59 Å². The van der Waals surface area contributed by atoms with E-state index in [4.69, 9.17) is 4.42 Å². The van der Waals surface area contributed by atoms with Crippen LogP contribution in [0.2, 0.25) is 0 Å². The van der Waals surface area contributed by atoms with Crippen molar-refractivity contribution in [2.75, 3.05) is 11.4 Å². The van der Waals surface area contributed by atoms with E-state index in [1.54, 1.807) is 0 Å². The summed E-state index contributed by atoms with van der Waals surface area (Å²) < 4.78 is 5.50. The lowest BCUT2D eigenvalue weighted by Crippen LogP contribution is -2.40. The van der Waals surface area contributed by atoms with Crippen LogP contribution >= 0.6 is 0 Å². The van der Waals surface area contributed by atoms with Crippen molar-refractivity contribution in [2.45, 2.75) is 27.2 Å². The fourth-order valence-electron chi connectivity index (χ4n) is 1.88. The lowest BCUT2D eigenvalue weighted by Gasteiger charge is -2.20. The Kier molecular flexibility index (Phi) is 6.29. The number of anilines is 1. The molecule has 0 saturated carbocycles. The Bertz CT molecular complexity index is 515. The van der Waals surface area contributed by atoms with Crippen molar-refractivity contribution in [2.24, 2.45) is 0 Å². The van der Waals surface area contributed by atoms with Crippen molar-refractivity contribution in [1.82, 2.24) is 5.32 Å². The Balaban J connectivity index is 3.25. The van der Waals surface area contributed by atoms with Crippen LogP contribution in [-0.2, 0) is 4.79 Å². The number of hydrogen-bond acceptors (Lipinski definition) is 3. The standard InChI is InChI=1S/C15H20N2O3/c1-4-7-12-13(10-20-14(12)8-5-2)17(9-6-3)15(19)16-11-18/h4-5,7-8,10-11H,6,9H2,1-3H3,(H,16,18,19)/b7-4-,8-5-. The second kappa shape index (κ2) is 7.99. The Morgan fingerprint density at radius 2 is 2.05 bits per heavy atom. The van der Waals surface area contributed by atoms with Crippen LogP contribution in [0.15, 0.2) is 22.8 Å². The molecule has 20 heavy (non-hydrogen) atoms. The van der Waals surface area contributed by atoms with Crippen LogP contribution in [0.25, 0.3) is 12.2 Å². The summed E-state index contributed by atoms with van der Waals surface area (Å²) in [6.45, 7) is 6.25. The van der Waals surface area contributed by atoms with E-state index in [1.165, 1.54) is 11.2 Å². The highest BCUT2D eigenvalue weighted by Gasteiger charge is 2.20. The number of carbonyl (C=O) groups excluding carboxylic acids is 2. The van der Waals surface area contributed by atoms with Crippen molar-refractivity contribution >= 4 is 30.3 Å². The highest BCUT2D eigenvalue weighted by atomic mass is 16.3. The number of amides is 3. The van der Waals surface area contributed by atoms with E-state index in [1.807, 2.05) is 45.1 Å². The zero-order chi connectivity index (χ0) is 15.0. The van der Waals surface area contributed by atoms with Crippen LogP contribution in [-0.4, -0.2) is 19.0 Å². The zero-order valence-electron chi connectivity index (χ0n) is 12.1. The van der Waals surface area contributed by atoms with Gasteiger partial charge >= 0.3 is 6.03 Å². The minimum absolute atomic E-state index is 0.382. The summed E-state index contributed by atoms with van der Waals surface area (Å²) in [5.41, 5.74) is 1.47. The maximum absolute atomic E-state index is 12.0. The molecule has 108 valence electrons. The van der Waals surface area contributed by atoms with E-state index in [0.29, 0.717) is 24.4 Å². The molecule has 0 fully saturated rings. The van der Waals surface area contributed by atoms with Crippen molar-refractivity contribution in [1.29, 1.82) is 0 Å². The first kappa shape index (κ1) is 15.8. The fraction of sp³-hybridized carbons (Fsp3) is 0.333. The quantitative estimate of drug-likeness (QED) is 0.810. The average molecular weight is 276 g/mol. The molecule has 0 unspecified atom stereocenters. The molecule has 5 nitrogen and oxygen atoms in total. The van der Waals surface area contributed by atoms with Gasteiger partial charge in [0, 0.05) is 12.1 Å². The van der Waals surface area contributed by atoms with Gasteiger partial charge in [-0.05, 0) is 26.3 Å². The van der Waals surface area contributed by atoms with E-state index < -0.39 is 6.03 Å². The van der Waals surface area contributed by atoms with Gasteiger partial charge < -0.3 is 4.42 Å². The van der Waals surface area contributed by atoms with Gasteiger partial charge in [-0.2, -0.15) is 0 Å². The number of allylic oxidation sites excluding steroid dienone is 2. The largest absolute Gasteiger partial charge is 0.462 e. The predicted molar refractivity (Wildman–Crippen MR) is 80.4 cm³/mol. The van der Waals surface area contributed by atoms with Crippen molar-refractivity contribution in [3.8, 4) is 0 Å². The van der Waals surface area contributed by atoms with Crippen LogP contribution in [0.4, 0.5) is 10.5 Å². The van der Waals surface area contributed by atoms with Crippen molar-refractivity contribution in [3.63, 3.8) is 0 Å². The Hall–Kier alpha value is -2.30. The minimum atomic E-state index is -0.458. The smallest absolute Gasteiger partial charge is 0.328 e. The summed E-state index contributed by atoms with van der Waals surface area (Å²) in [7, 11) is 0. The van der Waals surface area contributed by atoms with E-state index in [0.717, 1.165) is 12.0 Å². The summed E-state index contributed by atoms with van der Waals surface area (Å²) in [4.78, 5) is 23.9. The van der Waals surface area contributed by atoms with E-state index >= 15 is 0 Å². The number of furan rings is 1. The lowest BCUT2D eigenvalue weighted by molar-refractivity contribution is -0.108. The molecule has 0 aliphatic rings. The van der Waals surface area contributed by atoms with Gasteiger partial charge in [-0.15, -0.1) is 0 Å². The van der Waals surface area contributed by atoms with Gasteiger partial charge in [0.2, 0.25) is 6.41 Å². The molecule has 0 radical (unpaired) electrons. The third-order valence-electron chi connectivity index (χ3n) is 2.66. The zero-order valence-corrected chi connectivity index (χ0v) is 12.1. The summed E-state index contributed by atoms with van der Waals surface area (Å²) in [6.07, 6.45) is 10.1. The van der Waals surface area contributed by atoms with Gasteiger partial charge in [-0.25, -0.2) is 4.79 Å². The monoisotopic (exact) mass is 276 g/mol. The lowest BCUT2D eigenvalue weighted by atomic mass is 10.1. The van der Waals surface area contributed by atoms with Gasteiger partial charge in [0.25, 0.3) is 0 Å². The maximum Gasteiger partial charge on any atom is 0.328 e. The fourth-order valence-corrected chi connectivity index (χ4v) is 1.88. The molecule has 0 saturated heterocycles. The SMILES string of the molecule is C/C=C\c1occ(N(CCC)C(=O)NC=O)c1/C=C\C. The highest BCUT2D eigenvalue weighted by Crippen LogP contribution is 2.29. The Morgan fingerprint density at radius 3 is 2.60 bits per heavy atom. The second-order valence-electron chi connectivity index (χ2n) is 4.12. The molecule has 5 heteroatoms. The number of imide groups is 1. The molecule has 0 aromatic carbocycles. The molecule has 0 aliphatic carbocycles. The Morgan fingerprint density at radius 1 is 1.35 bits per heavy atom. The molecular weight excluding hydrogens is 256 g/mol. The number of carbonyl (C=O) groups is 2. The van der Waals surface area contributed by atoms with E-state index in [-0.39, 0.29) is 0 Å². The second-order valence-corrected chi connectivity index (χ2v) is 4.12.